The number of ether oxygens (including phenoxy) is 1. The fraction of sp³-hybridized carbons (Fsp3) is 0.444. The number of benzene rings is 1. The summed E-state index contributed by atoms with van der Waals surface area (Å²) in [5.74, 6) is 1.79. The molecular formula is C18H24N4O2. The molecule has 2 amide bonds. The Morgan fingerprint density at radius 3 is 3.04 bits per heavy atom. The van der Waals surface area contributed by atoms with Crippen molar-refractivity contribution >= 4 is 11.7 Å². The SMILES string of the molecule is CCCN(Cc1nccn1C)C(=O)Nc1ccc2c(c1)CC(C)O2. The summed E-state index contributed by atoms with van der Waals surface area (Å²) >= 11 is 0. The van der Waals surface area contributed by atoms with E-state index in [9.17, 15) is 4.79 Å². The maximum Gasteiger partial charge on any atom is 0.322 e. The smallest absolute Gasteiger partial charge is 0.322 e. The van der Waals surface area contributed by atoms with Crippen LogP contribution in [0.1, 0.15) is 31.7 Å². The predicted octanol–water partition coefficient (Wildman–Crippen LogP) is 3.19. The van der Waals surface area contributed by atoms with Crippen molar-refractivity contribution in [3.05, 3.63) is 42.0 Å². The summed E-state index contributed by atoms with van der Waals surface area (Å²) < 4.78 is 7.64. The molecule has 0 bridgehead atoms. The molecule has 1 aromatic carbocycles. The number of imidazole rings is 1. The van der Waals surface area contributed by atoms with E-state index in [1.54, 1.807) is 11.1 Å². The van der Waals surface area contributed by atoms with E-state index in [0.29, 0.717) is 13.1 Å². The van der Waals surface area contributed by atoms with Crippen molar-refractivity contribution in [1.82, 2.24) is 14.5 Å². The first-order valence-electron chi connectivity index (χ1n) is 8.38. The Kier molecular flexibility index (Phi) is 4.74. The topological polar surface area (TPSA) is 59.4 Å². The third-order valence-corrected chi connectivity index (χ3v) is 4.18. The average Bonchev–Trinajstić information content (AvgIpc) is 3.11. The summed E-state index contributed by atoms with van der Waals surface area (Å²) in [4.78, 5) is 18.7. The van der Waals surface area contributed by atoms with Crippen LogP contribution < -0.4 is 10.1 Å². The zero-order valence-corrected chi connectivity index (χ0v) is 14.5. The van der Waals surface area contributed by atoms with Gasteiger partial charge in [-0.15, -0.1) is 0 Å². The van der Waals surface area contributed by atoms with Crippen LogP contribution in [0.15, 0.2) is 30.6 Å². The van der Waals surface area contributed by atoms with Gasteiger partial charge in [-0.25, -0.2) is 9.78 Å². The van der Waals surface area contributed by atoms with Crippen LogP contribution in [-0.2, 0) is 20.0 Å². The van der Waals surface area contributed by atoms with Gasteiger partial charge in [0, 0.05) is 38.1 Å². The van der Waals surface area contributed by atoms with Gasteiger partial charge in [0.2, 0.25) is 0 Å². The third kappa shape index (κ3) is 3.53. The van der Waals surface area contributed by atoms with E-state index in [1.807, 2.05) is 42.9 Å². The van der Waals surface area contributed by atoms with E-state index in [-0.39, 0.29) is 12.1 Å². The summed E-state index contributed by atoms with van der Waals surface area (Å²) in [7, 11) is 1.94. The van der Waals surface area contributed by atoms with Crippen LogP contribution in [0.2, 0.25) is 0 Å². The van der Waals surface area contributed by atoms with Gasteiger partial charge in [0.25, 0.3) is 0 Å². The monoisotopic (exact) mass is 328 g/mol. The molecule has 1 aliphatic heterocycles. The van der Waals surface area contributed by atoms with Crippen LogP contribution in [0, 0.1) is 0 Å². The molecule has 1 aliphatic rings. The molecule has 2 aromatic rings. The second-order valence-corrected chi connectivity index (χ2v) is 6.26. The van der Waals surface area contributed by atoms with E-state index < -0.39 is 0 Å². The van der Waals surface area contributed by atoms with Gasteiger partial charge in [0.1, 0.15) is 17.7 Å². The number of amides is 2. The van der Waals surface area contributed by atoms with E-state index >= 15 is 0 Å². The number of nitrogens with zero attached hydrogens (tertiary/aromatic N) is 3. The fourth-order valence-electron chi connectivity index (χ4n) is 2.94. The average molecular weight is 328 g/mol. The molecule has 6 nitrogen and oxygen atoms in total. The molecule has 3 rings (SSSR count). The lowest BCUT2D eigenvalue weighted by atomic mass is 10.1. The fourth-order valence-corrected chi connectivity index (χ4v) is 2.94. The molecule has 0 fully saturated rings. The van der Waals surface area contributed by atoms with E-state index in [1.165, 1.54) is 0 Å². The molecule has 1 N–H and O–H groups in total. The summed E-state index contributed by atoms with van der Waals surface area (Å²) in [5, 5.41) is 3.00. The molecule has 6 heteroatoms. The van der Waals surface area contributed by atoms with Crippen molar-refractivity contribution in [3.8, 4) is 5.75 Å². The summed E-state index contributed by atoms with van der Waals surface area (Å²) in [6, 6.07) is 5.71. The van der Waals surface area contributed by atoms with E-state index in [2.05, 4.69) is 17.2 Å². The van der Waals surface area contributed by atoms with Crippen LogP contribution in [-0.4, -0.2) is 33.1 Å². The zero-order chi connectivity index (χ0) is 17.1. The van der Waals surface area contributed by atoms with Gasteiger partial charge in [0.05, 0.1) is 6.54 Å². The minimum Gasteiger partial charge on any atom is -0.490 e. The molecule has 0 spiro atoms. The number of carbonyl (C=O) groups is 1. The highest BCUT2D eigenvalue weighted by Crippen LogP contribution is 2.31. The molecule has 1 aromatic heterocycles. The second kappa shape index (κ2) is 6.95. The molecule has 0 radical (unpaired) electrons. The van der Waals surface area contributed by atoms with Crippen molar-refractivity contribution in [1.29, 1.82) is 0 Å². The first-order chi connectivity index (χ1) is 11.6. The number of aryl methyl sites for hydroxylation is 1. The minimum absolute atomic E-state index is 0.105. The third-order valence-electron chi connectivity index (χ3n) is 4.18. The first-order valence-corrected chi connectivity index (χ1v) is 8.38. The number of hydrogen-bond donors (Lipinski definition) is 1. The number of fused-ring (bicyclic) bond motifs is 1. The maximum absolute atomic E-state index is 12.7. The normalized spacial score (nSPS) is 15.7. The van der Waals surface area contributed by atoms with Crippen molar-refractivity contribution in [2.75, 3.05) is 11.9 Å². The predicted molar refractivity (Wildman–Crippen MR) is 93.2 cm³/mol. The zero-order valence-electron chi connectivity index (χ0n) is 14.5. The Labute approximate surface area is 142 Å². The van der Waals surface area contributed by atoms with Gasteiger partial charge in [-0.1, -0.05) is 6.92 Å². The molecule has 0 aliphatic carbocycles. The second-order valence-electron chi connectivity index (χ2n) is 6.26. The lowest BCUT2D eigenvalue weighted by molar-refractivity contribution is 0.207. The summed E-state index contributed by atoms with van der Waals surface area (Å²) in [5.41, 5.74) is 1.95. The lowest BCUT2D eigenvalue weighted by Crippen LogP contribution is -2.35. The molecule has 0 saturated carbocycles. The van der Waals surface area contributed by atoms with Crippen LogP contribution in [0.5, 0.6) is 5.75 Å². The number of nitrogens with one attached hydrogen (secondary N) is 1. The van der Waals surface area contributed by atoms with Crippen LogP contribution >= 0.6 is 0 Å². The number of hydrogen-bond acceptors (Lipinski definition) is 3. The molecule has 24 heavy (non-hydrogen) atoms. The van der Waals surface area contributed by atoms with Crippen molar-refractivity contribution in [2.45, 2.75) is 39.3 Å². The van der Waals surface area contributed by atoms with Crippen molar-refractivity contribution in [2.24, 2.45) is 7.05 Å². The largest absolute Gasteiger partial charge is 0.490 e. The number of carbonyl (C=O) groups excluding carboxylic acids is 1. The lowest BCUT2D eigenvalue weighted by Gasteiger charge is -2.22. The molecule has 0 saturated heterocycles. The first kappa shape index (κ1) is 16.4. The molecular weight excluding hydrogens is 304 g/mol. The van der Waals surface area contributed by atoms with Gasteiger partial charge in [-0.2, -0.15) is 0 Å². The van der Waals surface area contributed by atoms with E-state index in [0.717, 1.165) is 35.7 Å². The molecule has 2 heterocycles. The highest BCUT2D eigenvalue weighted by atomic mass is 16.5. The van der Waals surface area contributed by atoms with E-state index in [4.69, 9.17) is 4.74 Å². The minimum atomic E-state index is -0.105. The highest BCUT2D eigenvalue weighted by molar-refractivity contribution is 5.89. The quantitative estimate of drug-likeness (QED) is 0.917. The van der Waals surface area contributed by atoms with Gasteiger partial charge in [-0.05, 0) is 37.1 Å². The molecule has 1 unspecified atom stereocenters. The van der Waals surface area contributed by atoms with Crippen LogP contribution in [0.4, 0.5) is 10.5 Å². The Morgan fingerprint density at radius 2 is 2.33 bits per heavy atom. The van der Waals surface area contributed by atoms with Gasteiger partial charge in [0.15, 0.2) is 0 Å². The van der Waals surface area contributed by atoms with Crippen molar-refractivity contribution < 1.29 is 9.53 Å². The molecule has 128 valence electrons. The van der Waals surface area contributed by atoms with Gasteiger partial charge in [-0.3, -0.25) is 0 Å². The maximum atomic E-state index is 12.7. The summed E-state index contributed by atoms with van der Waals surface area (Å²) in [6.45, 7) is 5.29. The van der Waals surface area contributed by atoms with Gasteiger partial charge < -0.3 is 19.5 Å². The Balaban J connectivity index is 1.69. The van der Waals surface area contributed by atoms with Crippen LogP contribution in [0.25, 0.3) is 0 Å². The number of urea groups is 1. The number of anilines is 1. The number of aromatic nitrogens is 2. The Morgan fingerprint density at radius 1 is 1.50 bits per heavy atom. The van der Waals surface area contributed by atoms with Gasteiger partial charge >= 0.3 is 6.03 Å². The van der Waals surface area contributed by atoms with Crippen LogP contribution in [0.3, 0.4) is 0 Å². The standard InChI is InChI=1S/C18H24N4O2/c1-4-8-22(12-17-19-7-9-21(17)3)18(23)20-15-5-6-16-14(11-15)10-13(2)24-16/h5-7,9,11,13H,4,8,10,12H2,1-3H3,(H,20,23). The number of rotatable bonds is 5. The van der Waals surface area contributed by atoms with Crippen molar-refractivity contribution in [3.63, 3.8) is 0 Å². The summed E-state index contributed by atoms with van der Waals surface area (Å²) in [6.07, 6.45) is 5.61. The Bertz CT molecular complexity index is 726. The highest BCUT2D eigenvalue weighted by Gasteiger charge is 2.20. The molecule has 1 atom stereocenters. The Hall–Kier alpha value is -2.50.